The molecule has 3 amide bonds. The number of carbonyl (C=O) groups excluding carboxylic acids is 3. The fraction of sp³-hybridized carbons (Fsp3) is 0.111. The molecule has 1 fully saturated rings. The van der Waals surface area contributed by atoms with Gasteiger partial charge in [0.05, 0.1) is 16.7 Å². The second kappa shape index (κ2) is 8.72. The minimum atomic E-state index is -0.654. The lowest BCUT2D eigenvalue weighted by atomic mass is 10.2. The second-order valence-corrected chi connectivity index (χ2v) is 7.29. The van der Waals surface area contributed by atoms with Crippen LogP contribution < -0.4 is 10.9 Å². The van der Waals surface area contributed by atoms with Gasteiger partial charge in [-0.05, 0) is 24.3 Å². The minimum absolute atomic E-state index is 0.0304. The third-order valence-electron chi connectivity index (χ3n) is 3.72. The molecule has 1 saturated heterocycles. The normalized spacial score (nSPS) is 15.1. The third kappa shape index (κ3) is 4.59. The second-order valence-electron chi connectivity index (χ2n) is 5.62. The first-order valence-corrected chi connectivity index (χ1v) is 9.34. The number of rotatable bonds is 5. The van der Waals surface area contributed by atoms with Gasteiger partial charge in [0.25, 0.3) is 11.8 Å². The van der Waals surface area contributed by atoms with Crippen LogP contribution >= 0.6 is 24.0 Å². The number of phenols is 1. The maximum atomic E-state index is 12.4. The highest BCUT2D eigenvalue weighted by Crippen LogP contribution is 2.32. The van der Waals surface area contributed by atoms with Crippen LogP contribution in [0.3, 0.4) is 0 Å². The van der Waals surface area contributed by atoms with Crippen LogP contribution in [-0.4, -0.2) is 38.6 Å². The van der Waals surface area contributed by atoms with Gasteiger partial charge in [-0.25, -0.2) is 0 Å². The van der Waals surface area contributed by atoms with E-state index < -0.39 is 11.8 Å². The summed E-state index contributed by atoms with van der Waals surface area (Å²) in [5, 5.41) is 9.62. The molecule has 0 saturated carbocycles. The predicted octanol–water partition coefficient (Wildman–Crippen LogP) is 2.04. The summed E-state index contributed by atoms with van der Waals surface area (Å²) in [6.45, 7) is 0.0679. The van der Waals surface area contributed by atoms with E-state index in [1.54, 1.807) is 30.3 Å². The molecule has 144 valence electrons. The van der Waals surface area contributed by atoms with Gasteiger partial charge in [-0.2, -0.15) is 0 Å². The SMILES string of the molecule is O=C(CCN1C(=O)/C(=C\c2ccco2)SC1=S)NNC(=O)c1ccccc1O. The van der Waals surface area contributed by atoms with E-state index in [2.05, 4.69) is 10.9 Å². The molecule has 0 bridgehead atoms. The number of hydrogen-bond acceptors (Lipinski definition) is 7. The van der Waals surface area contributed by atoms with Crippen molar-refractivity contribution in [2.75, 3.05) is 6.54 Å². The van der Waals surface area contributed by atoms with E-state index in [1.807, 2.05) is 0 Å². The molecule has 0 atom stereocenters. The first kappa shape index (κ1) is 19.6. The van der Waals surface area contributed by atoms with Crippen LogP contribution in [0, 0.1) is 0 Å². The first-order valence-electron chi connectivity index (χ1n) is 8.12. The van der Waals surface area contributed by atoms with Crippen molar-refractivity contribution >= 4 is 52.1 Å². The smallest absolute Gasteiger partial charge is 0.273 e. The number of para-hydroxylation sites is 1. The Balaban J connectivity index is 1.50. The number of benzene rings is 1. The quantitative estimate of drug-likeness (QED) is 0.388. The molecule has 2 heterocycles. The Bertz CT molecular complexity index is 956. The lowest BCUT2D eigenvalue weighted by molar-refractivity contribution is -0.124. The fourth-order valence-electron chi connectivity index (χ4n) is 2.33. The number of thiocarbonyl (C=S) groups is 1. The third-order valence-corrected chi connectivity index (χ3v) is 5.09. The molecule has 3 N–H and O–H groups in total. The number of aromatic hydroxyl groups is 1. The summed E-state index contributed by atoms with van der Waals surface area (Å²) in [5.74, 6) is -1.14. The Kier molecular flexibility index (Phi) is 6.12. The van der Waals surface area contributed by atoms with E-state index in [0.717, 1.165) is 11.8 Å². The number of furan rings is 1. The number of carbonyl (C=O) groups is 3. The molecule has 28 heavy (non-hydrogen) atoms. The molecule has 0 unspecified atom stereocenters. The summed E-state index contributed by atoms with van der Waals surface area (Å²) in [6.07, 6.45) is 3.02. The summed E-state index contributed by atoms with van der Waals surface area (Å²) in [4.78, 5) is 38.1. The summed E-state index contributed by atoms with van der Waals surface area (Å²) in [6, 6.07) is 9.37. The van der Waals surface area contributed by atoms with E-state index >= 15 is 0 Å². The van der Waals surface area contributed by atoms with Gasteiger partial charge in [0.15, 0.2) is 0 Å². The molecule has 0 radical (unpaired) electrons. The molecular formula is C18H15N3O5S2. The number of hydrogen-bond donors (Lipinski definition) is 3. The van der Waals surface area contributed by atoms with Crippen LogP contribution in [0.4, 0.5) is 0 Å². The van der Waals surface area contributed by atoms with Crippen molar-refractivity contribution < 1.29 is 23.9 Å². The maximum absolute atomic E-state index is 12.4. The molecule has 2 aromatic rings. The van der Waals surface area contributed by atoms with Crippen molar-refractivity contribution in [1.29, 1.82) is 0 Å². The number of amides is 3. The number of thioether (sulfide) groups is 1. The summed E-state index contributed by atoms with van der Waals surface area (Å²) in [5.41, 5.74) is 4.48. The summed E-state index contributed by atoms with van der Waals surface area (Å²) in [7, 11) is 0. The van der Waals surface area contributed by atoms with Crippen molar-refractivity contribution in [3.05, 3.63) is 58.9 Å². The molecule has 10 heteroatoms. The highest BCUT2D eigenvalue weighted by molar-refractivity contribution is 8.26. The zero-order valence-electron chi connectivity index (χ0n) is 14.4. The van der Waals surface area contributed by atoms with E-state index in [9.17, 15) is 19.5 Å². The van der Waals surface area contributed by atoms with Gasteiger partial charge in [-0.3, -0.25) is 30.1 Å². The van der Waals surface area contributed by atoms with Crippen LogP contribution in [0.2, 0.25) is 0 Å². The highest BCUT2D eigenvalue weighted by atomic mass is 32.2. The largest absolute Gasteiger partial charge is 0.507 e. The highest BCUT2D eigenvalue weighted by Gasteiger charge is 2.32. The molecule has 8 nitrogen and oxygen atoms in total. The Morgan fingerprint density at radius 1 is 1.21 bits per heavy atom. The maximum Gasteiger partial charge on any atom is 0.273 e. The van der Waals surface area contributed by atoms with Gasteiger partial charge >= 0.3 is 0 Å². The molecule has 1 aliphatic heterocycles. The summed E-state index contributed by atoms with van der Waals surface area (Å²) < 4.78 is 5.53. The Labute approximate surface area is 169 Å². The first-order chi connectivity index (χ1) is 13.5. The monoisotopic (exact) mass is 417 g/mol. The predicted molar refractivity (Wildman–Crippen MR) is 107 cm³/mol. The van der Waals surface area contributed by atoms with Gasteiger partial charge in [0.1, 0.15) is 15.8 Å². The number of nitrogens with zero attached hydrogens (tertiary/aromatic N) is 1. The topological polar surface area (TPSA) is 112 Å². The van der Waals surface area contributed by atoms with Crippen LogP contribution in [0.1, 0.15) is 22.5 Å². The Hall–Kier alpha value is -3.11. The lowest BCUT2D eigenvalue weighted by Crippen LogP contribution is -2.43. The molecule has 1 aliphatic rings. The molecule has 1 aromatic carbocycles. The zero-order chi connectivity index (χ0) is 20.1. The average Bonchev–Trinajstić information content (AvgIpc) is 3.27. The average molecular weight is 417 g/mol. The molecule has 1 aromatic heterocycles. The van der Waals surface area contributed by atoms with E-state index in [-0.39, 0.29) is 30.2 Å². The van der Waals surface area contributed by atoms with Crippen LogP contribution in [0.25, 0.3) is 6.08 Å². The van der Waals surface area contributed by atoms with Crippen molar-refractivity contribution in [2.45, 2.75) is 6.42 Å². The fourth-order valence-corrected chi connectivity index (χ4v) is 3.62. The number of hydrazine groups is 1. The van der Waals surface area contributed by atoms with Gasteiger partial charge in [0, 0.05) is 19.0 Å². The Morgan fingerprint density at radius 2 is 2.00 bits per heavy atom. The zero-order valence-corrected chi connectivity index (χ0v) is 16.0. The summed E-state index contributed by atoms with van der Waals surface area (Å²) >= 11 is 6.32. The van der Waals surface area contributed by atoms with Gasteiger partial charge in [-0.1, -0.05) is 36.1 Å². The standard InChI is InChI=1S/C18H15N3O5S2/c22-13-6-2-1-5-12(13)16(24)20-19-15(23)7-8-21-17(25)14(28-18(21)27)10-11-4-3-9-26-11/h1-6,9-10,22H,7-8H2,(H,19,23)(H,20,24)/b14-10+. The van der Waals surface area contributed by atoms with Crippen molar-refractivity contribution in [3.8, 4) is 5.75 Å². The van der Waals surface area contributed by atoms with Crippen LogP contribution in [0.15, 0.2) is 52.0 Å². The Morgan fingerprint density at radius 3 is 2.71 bits per heavy atom. The molecule has 0 spiro atoms. The van der Waals surface area contributed by atoms with Crippen molar-refractivity contribution in [1.82, 2.24) is 15.8 Å². The molecular weight excluding hydrogens is 402 g/mol. The van der Waals surface area contributed by atoms with E-state index in [1.165, 1.54) is 23.3 Å². The van der Waals surface area contributed by atoms with Gasteiger partial charge in [-0.15, -0.1) is 0 Å². The van der Waals surface area contributed by atoms with Gasteiger partial charge < -0.3 is 9.52 Å². The minimum Gasteiger partial charge on any atom is -0.507 e. The van der Waals surface area contributed by atoms with Crippen LogP contribution in [0.5, 0.6) is 5.75 Å². The lowest BCUT2D eigenvalue weighted by Gasteiger charge is -2.14. The number of phenolic OH excluding ortho intramolecular Hbond substituents is 1. The molecule has 0 aliphatic carbocycles. The van der Waals surface area contributed by atoms with Gasteiger partial charge in [0.2, 0.25) is 5.91 Å². The van der Waals surface area contributed by atoms with Crippen LogP contribution in [-0.2, 0) is 9.59 Å². The van der Waals surface area contributed by atoms with E-state index in [4.69, 9.17) is 16.6 Å². The van der Waals surface area contributed by atoms with Crippen molar-refractivity contribution in [3.63, 3.8) is 0 Å². The van der Waals surface area contributed by atoms with E-state index in [0.29, 0.717) is 15.0 Å². The van der Waals surface area contributed by atoms with Crippen molar-refractivity contribution in [2.24, 2.45) is 0 Å². The molecule has 3 rings (SSSR count). The number of nitrogens with one attached hydrogen (secondary N) is 2.